The van der Waals surface area contributed by atoms with Crippen molar-refractivity contribution in [3.05, 3.63) is 91.0 Å². The van der Waals surface area contributed by atoms with Crippen molar-refractivity contribution in [2.45, 2.75) is 6.42 Å². The van der Waals surface area contributed by atoms with Crippen LogP contribution in [0.5, 0.6) is 0 Å². The van der Waals surface area contributed by atoms with Crippen molar-refractivity contribution in [1.82, 2.24) is 0 Å². The Labute approximate surface area is 136 Å². The molecule has 0 heterocycles. The van der Waals surface area contributed by atoms with Gasteiger partial charge in [0.15, 0.2) is 0 Å². The molecule has 0 spiro atoms. The fraction of sp³-hybridized carbons (Fsp3) is 0.0952. The molecule has 3 rings (SSSR count). The number of para-hydroxylation sites is 1. The summed E-state index contributed by atoms with van der Waals surface area (Å²) in [7, 11) is 0. The third kappa shape index (κ3) is 3.32. The average Bonchev–Trinajstić information content (AvgIpc) is 2.60. The summed E-state index contributed by atoms with van der Waals surface area (Å²) in [5.74, 6) is 0.0763. The Morgan fingerprint density at radius 2 is 1.61 bits per heavy atom. The van der Waals surface area contributed by atoms with E-state index in [2.05, 4.69) is 24.8 Å². The SMILES string of the molecule is C=CCN(C(=O)Cc1cccc2ccccc12)c1ccccc1. The lowest BCUT2D eigenvalue weighted by Crippen LogP contribution is -2.32. The number of hydrogen-bond acceptors (Lipinski definition) is 1. The number of carbonyl (C=O) groups is 1. The van der Waals surface area contributed by atoms with Crippen LogP contribution in [0.3, 0.4) is 0 Å². The molecule has 0 aliphatic rings. The van der Waals surface area contributed by atoms with E-state index in [4.69, 9.17) is 0 Å². The van der Waals surface area contributed by atoms with Gasteiger partial charge in [0, 0.05) is 12.2 Å². The van der Waals surface area contributed by atoms with Gasteiger partial charge in [-0.3, -0.25) is 4.79 Å². The molecule has 0 fully saturated rings. The van der Waals surface area contributed by atoms with E-state index in [1.54, 1.807) is 11.0 Å². The molecular formula is C21H19NO. The van der Waals surface area contributed by atoms with Gasteiger partial charge in [0.1, 0.15) is 0 Å². The zero-order valence-electron chi connectivity index (χ0n) is 13.0. The summed E-state index contributed by atoms with van der Waals surface area (Å²) in [6.07, 6.45) is 2.14. The lowest BCUT2D eigenvalue weighted by molar-refractivity contribution is -0.117. The van der Waals surface area contributed by atoms with Crippen LogP contribution >= 0.6 is 0 Å². The molecule has 0 aliphatic heterocycles. The van der Waals surface area contributed by atoms with Gasteiger partial charge < -0.3 is 4.90 Å². The molecule has 0 saturated heterocycles. The summed E-state index contributed by atoms with van der Waals surface area (Å²) in [6, 6.07) is 24.0. The van der Waals surface area contributed by atoms with Crippen LogP contribution in [0.2, 0.25) is 0 Å². The highest BCUT2D eigenvalue weighted by Crippen LogP contribution is 2.21. The average molecular weight is 301 g/mol. The third-order valence-corrected chi connectivity index (χ3v) is 3.90. The minimum Gasteiger partial charge on any atom is -0.308 e. The Kier molecular flexibility index (Phi) is 4.53. The molecule has 0 radical (unpaired) electrons. The summed E-state index contributed by atoms with van der Waals surface area (Å²) in [6.45, 7) is 4.28. The van der Waals surface area contributed by atoms with E-state index in [1.165, 1.54) is 0 Å². The highest BCUT2D eigenvalue weighted by atomic mass is 16.2. The molecule has 3 aromatic rings. The molecule has 2 heteroatoms. The maximum Gasteiger partial charge on any atom is 0.231 e. The van der Waals surface area contributed by atoms with Crippen LogP contribution in [0.15, 0.2) is 85.5 Å². The molecule has 0 unspecified atom stereocenters. The summed E-state index contributed by atoms with van der Waals surface area (Å²) in [5, 5.41) is 2.29. The van der Waals surface area contributed by atoms with E-state index in [0.717, 1.165) is 22.0 Å². The van der Waals surface area contributed by atoms with E-state index in [-0.39, 0.29) is 5.91 Å². The second kappa shape index (κ2) is 6.93. The van der Waals surface area contributed by atoms with Crippen molar-refractivity contribution >= 4 is 22.4 Å². The summed E-state index contributed by atoms with van der Waals surface area (Å²) < 4.78 is 0. The molecule has 0 aliphatic carbocycles. The fourth-order valence-corrected chi connectivity index (χ4v) is 2.79. The second-order valence-electron chi connectivity index (χ2n) is 5.44. The van der Waals surface area contributed by atoms with Crippen molar-refractivity contribution in [3.63, 3.8) is 0 Å². The predicted molar refractivity (Wildman–Crippen MR) is 96.6 cm³/mol. The lowest BCUT2D eigenvalue weighted by Gasteiger charge is -2.21. The Morgan fingerprint density at radius 3 is 2.39 bits per heavy atom. The first-order chi connectivity index (χ1) is 11.3. The van der Waals surface area contributed by atoms with Crippen molar-refractivity contribution in [2.24, 2.45) is 0 Å². The monoisotopic (exact) mass is 301 g/mol. The lowest BCUT2D eigenvalue weighted by atomic mass is 10.0. The van der Waals surface area contributed by atoms with E-state index in [0.29, 0.717) is 13.0 Å². The first-order valence-corrected chi connectivity index (χ1v) is 7.72. The van der Waals surface area contributed by atoms with Gasteiger partial charge in [-0.05, 0) is 28.5 Å². The largest absolute Gasteiger partial charge is 0.308 e. The second-order valence-corrected chi connectivity index (χ2v) is 5.44. The Balaban J connectivity index is 1.91. The molecule has 0 saturated carbocycles. The number of rotatable bonds is 5. The zero-order valence-corrected chi connectivity index (χ0v) is 13.0. The van der Waals surface area contributed by atoms with Crippen LogP contribution in [0.25, 0.3) is 10.8 Å². The van der Waals surface area contributed by atoms with Crippen LogP contribution in [0.1, 0.15) is 5.56 Å². The topological polar surface area (TPSA) is 20.3 Å². The van der Waals surface area contributed by atoms with Crippen LogP contribution in [0, 0.1) is 0 Å². The molecule has 114 valence electrons. The highest BCUT2D eigenvalue weighted by molar-refractivity contribution is 5.98. The highest BCUT2D eigenvalue weighted by Gasteiger charge is 2.15. The summed E-state index contributed by atoms with van der Waals surface area (Å²) in [5.41, 5.74) is 1.95. The number of nitrogens with zero attached hydrogens (tertiary/aromatic N) is 1. The molecule has 0 bridgehead atoms. The van der Waals surface area contributed by atoms with Gasteiger partial charge in [0.2, 0.25) is 5.91 Å². The molecule has 0 aromatic heterocycles. The van der Waals surface area contributed by atoms with E-state index in [1.807, 2.05) is 54.6 Å². The summed E-state index contributed by atoms with van der Waals surface area (Å²) in [4.78, 5) is 14.6. The normalized spacial score (nSPS) is 10.4. The maximum absolute atomic E-state index is 12.8. The van der Waals surface area contributed by atoms with E-state index >= 15 is 0 Å². The Hall–Kier alpha value is -2.87. The molecule has 2 nitrogen and oxygen atoms in total. The van der Waals surface area contributed by atoms with E-state index in [9.17, 15) is 4.79 Å². The van der Waals surface area contributed by atoms with Gasteiger partial charge in [-0.1, -0.05) is 66.7 Å². The minimum atomic E-state index is 0.0763. The van der Waals surface area contributed by atoms with Gasteiger partial charge in [0.25, 0.3) is 0 Å². The first-order valence-electron chi connectivity index (χ1n) is 7.72. The number of benzene rings is 3. The van der Waals surface area contributed by atoms with Crippen molar-refractivity contribution in [3.8, 4) is 0 Å². The van der Waals surface area contributed by atoms with Gasteiger partial charge in [-0.25, -0.2) is 0 Å². The van der Waals surface area contributed by atoms with Crippen LogP contribution < -0.4 is 4.90 Å². The van der Waals surface area contributed by atoms with Gasteiger partial charge in [0.05, 0.1) is 6.42 Å². The smallest absolute Gasteiger partial charge is 0.231 e. The number of amides is 1. The quantitative estimate of drug-likeness (QED) is 0.631. The number of fused-ring (bicyclic) bond motifs is 1. The maximum atomic E-state index is 12.8. The fourth-order valence-electron chi connectivity index (χ4n) is 2.79. The Morgan fingerprint density at radius 1 is 0.913 bits per heavy atom. The predicted octanol–water partition coefficient (Wildman–Crippen LogP) is 4.60. The standard InChI is InChI=1S/C21H19NO/c1-2-15-22(19-12-4-3-5-13-19)21(23)16-18-11-8-10-17-9-6-7-14-20(17)18/h2-14H,1,15-16H2. The minimum absolute atomic E-state index is 0.0763. The molecule has 0 atom stereocenters. The number of carbonyl (C=O) groups excluding carboxylic acids is 1. The van der Waals surface area contributed by atoms with Crippen LogP contribution in [-0.4, -0.2) is 12.5 Å². The van der Waals surface area contributed by atoms with Gasteiger partial charge in [-0.2, -0.15) is 0 Å². The van der Waals surface area contributed by atoms with Crippen molar-refractivity contribution < 1.29 is 4.79 Å². The third-order valence-electron chi connectivity index (χ3n) is 3.90. The molecule has 23 heavy (non-hydrogen) atoms. The van der Waals surface area contributed by atoms with Crippen LogP contribution in [0.4, 0.5) is 5.69 Å². The zero-order chi connectivity index (χ0) is 16.1. The number of anilines is 1. The van der Waals surface area contributed by atoms with Crippen LogP contribution in [-0.2, 0) is 11.2 Å². The van der Waals surface area contributed by atoms with Crippen molar-refractivity contribution in [2.75, 3.05) is 11.4 Å². The van der Waals surface area contributed by atoms with Gasteiger partial charge in [-0.15, -0.1) is 6.58 Å². The first kappa shape index (κ1) is 15.0. The molecular weight excluding hydrogens is 282 g/mol. The van der Waals surface area contributed by atoms with Gasteiger partial charge >= 0.3 is 0 Å². The number of hydrogen-bond donors (Lipinski definition) is 0. The van der Waals surface area contributed by atoms with Crippen molar-refractivity contribution in [1.29, 1.82) is 0 Å². The molecule has 3 aromatic carbocycles. The van der Waals surface area contributed by atoms with E-state index < -0.39 is 0 Å². The molecule has 1 amide bonds. The summed E-state index contributed by atoms with van der Waals surface area (Å²) >= 11 is 0. The molecule has 0 N–H and O–H groups in total. The Bertz CT molecular complexity index is 818.